The van der Waals surface area contributed by atoms with Gasteiger partial charge < -0.3 is 14.6 Å². The number of phenols is 1. The predicted molar refractivity (Wildman–Crippen MR) is 125 cm³/mol. The molecule has 174 valence electrons. The lowest BCUT2D eigenvalue weighted by atomic mass is 9.98. The minimum Gasteiger partial charge on any atom is -0.508 e. The second-order valence-corrected chi connectivity index (χ2v) is 7.71. The van der Waals surface area contributed by atoms with E-state index in [0.717, 1.165) is 0 Å². The Labute approximate surface area is 196 Å². The smallest absolute Gasteiger partial charge is 0.167 e. The van der Waals surface area contributed by atoms with E-state index in [1.807, 2.05) is 6.92 Å². The molecule has 0 atom stereocenters. The van der Waals surface area contributed by atoms with Crippen LogP contribution in [0.15, 0.2) is 78.9 Å². The van der Waals surface area contributed by atoms with E-state index < -0.39 is 11.6 Å². The van der Waals surface area contributed by atoms with E-state index >= 15 is 0 Å². The van der Waals surface area contributed by atoms with E-state index in [1.165, 1.54) is 42.5 Å². The number of hydrogen-bond donors (Lipinski definition) is 1. The quantitative estimate of drug-likeness (QED) is 0.298. The van der Waals surface area contributed by atoms with Crippen LogP contribution >= 0.6 is 0 Å². The first-order valence-electron chi connectivity index (χ1n) is 10.8. The van der Waals surface area contributed by atoms with E-state index in [-0.39, 0.29) is 35.9 Å². The summed E-state index contributed by atoms with van der Waals surface area (Å²) in [4.78, 5) is 0. The third kappa shape index (κ3) is 5.24. The molecule has 0 aliphatic carbocycles. The number of aromatic hydroxyl groups is 1. The highest BCUT2D eigenvalue weighted by Gasteiger charge is 2.16. The summed E-state index contributed by atoms with van der Waals surface area (Å²) in [6.45, 7) is 2.75. The Balaban J connectivity index is 1.46. The normalized spacial score (nSPS) is 10.9. The number of benzene rings is 4. The first kappa shape index (κ1) is 23.4. The average Bonchev–Trinajstić information content (AvgIpc) is 2.85. The third-order valence-electron chi connectivity index (χ3n) is 5.41. The fraction of sp³-hybridized carbons (Fsp3) is 0.143. The molecule has 0 aliphatic heterocycles. The molecule has 0 spiro atoms. The summed E-state index contributed by atoms with van der Waals surface area (Å²) in [5, 5.41) is 9.40. The maximum Gasteiger partial charge on any atom is 0.167 e. The van der Waals surface area contributed by atoms with Gasteiger partial charge in [-0.1, -0.05) is 48.5 Å². The van der Waals surface area contributed by atoms with E-state index in [1.54, 1.807) is 36.4 Å². The Morgan fingerprint density at radius 2 is 1.29 bits per heavy atom. The monoisotopic (exact) mass is 464 g/mol. The molecule has 0 aromatic heterocycles. The zero-order chi connectivity index (χ0) is 24.1. The van der Waals surface area contributed by atoms with Gasteiger partial charge in [-0.3, -0.25) is 0 Å². The highest BCUT2D eigenvalue weighted by Crippen LogP contribution is 2.32. The van der Waals surface area contributed by atoms with Crippen LogP contribution in [-0.2, 0) is 18.0 Å². The molecule has 0 saturated carbocycles. The lowest BCUT2D eigenvalue weighted by Crippen LogP contribution is -2.00. The molecule has 4 aromatic rings. The van der Waals surface area contributed by atoms with Crippen LogP contribution in [0, 0.1) is 17.5 Å². The number of hydrogen-bond acceptors (Lipinski definition) is 3. The number of rotatable bonds is 8. The minimum atomic E-state index is -0.960. The molecular weight excluding hydrogens is 441 g/mol. The first-order valence-corrected chi connectivity index (χ1v) is 10.8. The molecular formula is C28H23F3O3. The van der Waals surface area contributed by atoms with E-state index in [9.17, 15) is 18.3 Å². The second kappa shape index (κ2) is 10.4. The summed E-state index contributed by atoms with van der Waals surface area (Å²) in [7, 11) is 0. The minimum absolute atomic E-state index is 0.0484. The largest absolute Gasteiger partial charge is 0.508 e. The van der Waals surface area contributed by atoms with Crippen LogP contribution in [0.3, 0.4) is 0 Å². The summed E-state index contributed by atoms with van der Waals surface area (Å²) in [5.41, 5.74) is 2.35. The Morgan fingerprint density at radius 3 is 1.85 bits per heavy atom. The van der Waals surface area contributed by atoms with Gasteiger partial charge in [0.15, 0.2) is 11.6 Å². The third-order valence-corrected chi connectivity index (χ3v) is 5.41. The van der Waals surface area contributed by atoms with Crippen molar-refractivity contribution in [1.82, 2.24) is 0 Å². The van der Waals surface area contributed by atoms with Crippen LogP contribution in [0.5, 0.6) is 11.5 Å². The van der Waals surface area contributed by atoms with Crippen molar-refractivity contribution in [3.8, 4) is 33.8 Å². The van der Waals surface area contributed by atoms with Crippen LogP contribution < -0.4 is 4.74 Å². The molecule has 0 amide bonds. The van der Waals surface area contributed by atoms with Gasteiger partial charge in [0.25, 0.3) is 0 Å². The average molecular weight is 464 g/mol. The van der Waals surface area contributed by atoms with E-state index in [0.29, 0.717) is 34.6 Å². The maximum atomic E-state index is 14.8. The second-order valence-electron chi connectivity index (χ2n) is 7.71. The van der Waals surface area contributed by atoms with Crippen LogP contribution in [0.4, 0.5) is 13.2 Å². The molecule has 0 fully saturated rings. The molecule has 0 bridgehead atoms. The van der Waals surface area contributed by atoms with Crippen LogP contribution in [0.2, 0.25) is 0 Å². The number of phenolic OH excluding ortho intramolecular Hbond substituents is 1. The summed E-state index contributed by atoms with van der Waals surface area (Å²) in [5.74, 6) is -1.70. The van der Waals surface area contributed by atoms with Gasteiger partial charge in [-0.25, -0.2) is 13.2 Å². The van der Waals surface area contributed by atoms with E-state index in [2.05, 4.69) is 0 Å². The molecule has 0 aliphatic rings. The van der Waals surface area contributed by atoms with Crippen molar-refractivity contribution in [1.29, 1.82) is 0 Å². The maximum absolute atomic E-state index is 14.8. The predicted octanol–water partition coefficient (Wildman–Crippen LogP) is 7.26. The molecule has 0 saturated heterocycles. The van der Waals surface area contributed by atoms with Crippen LogP contribution in [-0.4, -0.2) is 11.7 Å². The Morgan fingerprint density at radius 1 is 0.706 bits per heavy atom. The van der Waals surface area contributed by atoms with Gasteiger partial charge >= 0.3 is 0 Å². The molecule has 0 radical (unpaired) electrons. The van der Waals surface area contributed by atoms with Gasteiger partial charge in [0.05, 0.1) is 6.61 Å². The van der Waals surface area contributed by atoms with Gasteiger partial charge in [-0.2, -0.15) is 0 Å². The van der Waals surface area contributed by atoms with Crippen molar-refractivity contribution in [2.24, 2.45) is 0 Å². The van der Waals surface area contributed by atoms with Crippen LogP contribution in [0.25, 0.3) is 22.3 Å². The van der Waals surface area contributed by atoms with Gasteiger partial charge in [0.2, 0.25) is 0 Å². The Bertz CT molecular complexity index is 1270. The van der Waals surface area contributed by atoms with Crippen molar-refractivity contribution >= 4 is 0 Å². The Kier molecular flexibility index (Phi) is 7.18. The fourth-order valence-electron chi connectivity index (χ4n) is 3.54. The topological polar surface area (TPSA) is 38.7 Å². The van der Waals surface area contributed by atoms with Crippen molar-refractivity contribution < 1.29 is 27.8 Å². The summed E-state index contributed by atoms with van der Waals surface area (Å²) < 4.78 is 54.7. The van der Waals surface area contributed by atoms with Gasteiger partial charge in [-0.05, 0) is 53.9 Å². The fourth-order valence-corrected chi connectivity index (χ4v) is 3.54. The van der Waals surface area contributed by atoms with E-state index in [4.69, 9.17) is 9.47 Å². The zero-order valence-corrected chi connectivity index (χ0v) is 18.5. The van der Waals surface area contributed by atoms with Crippen molar-refractivity contribution in [2.75, 3.05) is 6.61 Å². The lowest BCUT2D eigenvalue weighted by Gasteiger charge is -2.11. The zero-order valence-electron chi connectivity index (χ0n) is 18.5. The van der Waals surface area contributed by atoms with Crippen molar-refractivity contribution in [3.05, 3.63) is 107 Å². The Hall–Kier alpha value is -3.77. The van der Waals surface area contributed by atoms with Gasteiger partial charge in [0.1, 0.15) is 23.9 Å². The van der Waals surface area contributed by atoms with Crippen molar-refractivity contribution in [2.45, 2.75) is 20.1 Å². The summed E-state index contributed by atoms with van der Waals surface area (Å²) >= 11 is 0. The van der Waals surface area contributed by atoms with Gasteiger partial charge in [-0.15, -0.1) is 0 Å². The first-order chi connectivity index (χ1) is 16.5. The molecule has 4 rings (SSSR count). The molecule has 0 heterocycles. The van der Waals surface area contributed by atoms with Crippen LogP contribution in [0.1, 0.15) is 18.1 Å². The summed E-state index contributed by atoms with van der Waals surface area (Å²) in [6, 6.07) is 20.4. The standard InChI is InChI=1S/C28H23F3O3/c1-2-33-17-21-4-3-18(15-26(21)29)16-34-23-11-7-20(8-12-23)25-14-13-24(27(30)28(25)31)19-5-9-22(32)10-6-19/h3-15,32H,2,16-17H2,1H3. The number of halogens is 3. The number of ether oxygens (including phenoxy) is 2. The molecule has 4 aromatic carbocycles. The van der Waals surface area contributed by atoms with Crippen molar-refractivity contribution in [3.63, 3.8) is 0 Å². The highest BCUT2D eigenvalue weighted by atomic mass is 19.2. The summed E-state index contributed by atoms with van der Waals surface area (Å²) in [6.07, 6.45) is 0. The molecule has 1 N–H and O–H groups in total. The molecule has 6 heteroatoms. The molecule has 3 nitrogen and oxygen atoms in total. The molecule has 34 heavy (non-hydrogen) atoms. The van der Waals surface area contributed by atoms with Gasteiger partial charge in [0, 0.05) is 23.3 Å². The SMILES string of the molecule is CCOCc1ccc(COc2ccc(-c3ccc(-c4ccc(O)cc4)c(F)c3F)cc2)cc1F. The molecule has 0 unspecified atom stereocenters. The highest BCUT2D eigenvalue weighted by molar-refractivity contribution is 5.72. The lowest BCUT2D eigenvalue weighted by molar-refractivity contribution is 0.131.